The first-order valence-electron chi connectivity index (χ1n) is 6.42. The highest BCUT2D eigenvalue weighted by Crippen LogP contribution is 2.14. The van der Waals surface area contributed by atoms with E-state index in [2.05, 4.69) is 29.0 Å². The van der Waals surface area contributed by atoms with Crippen LogP contribution in [0.5, 0.6) is 0 Å². The van der Waals surface area contributed by atoms with Crippen LogP contribution in [0.15, 0.2) is 0 Å². The summed E-state index contributed by atoms with van der Waals surface area (Å²) in [4.78, 5) is 16.6. The summed E-state index contributed by atoms with van der Waals surface area (Å²) in [7, 11) is 0. The summed E-state index contributed by atoms with van der Waals surface area (Å²) in [5.41, 5.74) is 0. The van der Waals surface area contributed by atoms with Crippen LogP contribution in [-0.4, -0.2) is 61.0 Å². The van der Waals surface area contributed by atoms with Crippen molar-refractivity contribution in [2.24, 2.45) is 5.92 Å². The highest BCUT2D eigenvalue weighted by molar-refractivity contribution is 5.79. The second-order valence-electron chi connectivity index (χ2n) is 5.14. The van der Waals surface area contributed by atoms with Gasteiger partial charge >= 0.3 is 0 Å². The first-order valence-corrected chi connectivity index (χ1v) is 6.42. The van der Waals surface area contributed by atoms with Gasteiger partial charge in [0.25, 0.3) is 0 Å². The molecule has 16 heavy (non-hydrogen) atoms. The van der Waals surface area contributed by atoms with Gasteiger partial charge in [0.1, 0.15) is 0 Å². The average Bonchev–Trinajstić information content (AvgIpc) is 2.81. The van der Waals surface area contributed by atoms with E-state index in [4.69, 9.17) is 0 Å². The normalized spacial score (nSPS) is 27.7. The Morgan fingerprint density at radius 3 is 2.44 bits per heavy atom. The molecule has 1 atom stereocenters. The molecule has 0 aromatic carbocycles. The van der Waals surface area contributed by atoms with Crippen molar-refractivity contribution in [3.8, 4) is 0 Å². The van der Waals surface area contributed by atoms with Gasteiger partial charge in [-0.25, -0.2) is 0 Å². The van der Waals surface area contributed by atoms with E-state index in [1.54, 1.807) is 0 Å². The molecule has 0 bridgehead atoms. The van der Waals surface area contributed by atoms with E-state index in [0.29, 0.717) is 11.9 Å². The molecule has 0 aliphatic carbocycles. The summed E-state index contributed by atoms with van der Waals surface area (Å²) in [6, 6.07) is 0.602. The molecular weight excluding hydrogens is 202 g/mol. The number of carbonyl (C=O) groups excluding carboxylic acids is 1. The molecule has 2 aliphatic rings. The molecule has 0 saturated carbocycles. The highest BCUT2D eigenvalue weighted by atomic mass is 16.2. The lowest BCUT2D eigenvalue weighted by Gasteiger charge is -2.37. The lowest BCUT2D eigenvalue weighted by molar-refractivity contribution is -0.136. The second kappa shape index (κ2) is 5.15. The van der Waals surface area contributed by atoms with Crippen molar-refractivity contribution < 1.29 is 4.79 Å². The Balaban J connectivity index is 1.81. The van der Waals surface area contributed by atoms with E-state index in [1.165, 1.54) is 0 Å². The largest absolute Gasteiger partial charge is 0.340 e. The van der Waals surface area contributed by atoms with Crippen molar-refractivity contribution in [1.82, 2.24) is 15.1 Å². The zero-order chi connectivity index (χ0) is 11.5. The van der Waals surface area contributed by atoms with Gasteiger partial charge < -0.3 is 10.2 Å². The molecule has 0 radical (unpaired) electrons. The minimum absolute atomic E-state index is 0.241. The topological polar surface area (TPSA) is 35.6 Å². The van der Waals surface area contributed by atoms with Gasteiger partial charge in [0.2, 0.25) is 5.91 Å². The van der Waals surface area contributed by atoms with Crippen LogP contribution < -0.4 is 5.32 Å². The molecule has 4 heteroatoms. The van der Waals surface area contributed by atoms with Crippen molar-refractivity contribution in [3.05, 3.63) is 0 Å². The molecule has 2 saturated heterocycles. The Bertz CT molecular complexity index is 241. The number of nitrogens with zero attached hydrogens (tertiary/aromatic N) is 2. The smallest absolute Gasteiger partial charge is 0.227 e. The fourth-order valence-corrected chi connectivity index (χ4v) is 2.58. The maximum absolute atomic E-state index is 12.1. The molecule has 2 heterocycles. The molecule has 0 unspecified atom stereocenters. The summed E-state index contributed by atoms with van der Waals surface area (Å²) in [6.07, 6.45) is 1.02. The van der Waals surface area contributed by atoms with Crippen LogP contribution in [0.4, 0.5) is 0 Å². The minimum Gasteiger partial charge on any atom is -0.340 e. The SMILES string of the molecule is CC(C)N1CCN(C(=O)[C@H]2CCNC2)CC1. The number of hydrogen-bond donors (Lipinski definition) is 1. The number of hydrogen-bond acceptors (Lipinski definition) is 3. The van der Waals surface area contributed by atoms with Gasteiger partial charge in [-0.1, -0.05) is 0 Å². The standard InChI is InChI=1S/C12H23N3O/c1-10(2)14-5-7-15(8-6-14)12(16)11-3-4-13-9-11/h10-11,13H,3-9H2,1-2H3/t11-/m0/s1. The maximum atomic E-state index is 12.1. The lowest BCUT2D eigenvalue weighted by atomic mass is 10.1. The molecule has 0 aromatic rings. The van der Waals surface area contributed by atoms with E-state index in [-0.39, 0.29) is 5.92 Å². The van der Waals surface area contributed by atoms with Gasteiger partial charge in [-0.15, -0.1) is 0 Å². The van der Waals surface area contributed by atoms with Crippen LogP contribution in [0.1, 0.15) is 20.3 Å². The molecule has 1 N–H and O–H groups in total. The van der Waals surface area contributed by atoms with Crippen molar-refractivity contribution in [3.63, 3.8) is 0 Å². The number of piperazine rings is 1. The van der Waals surface area contributed by atoms with Crippen molar-refractivity contribution in [2.45, 2.75) is 26.3 Å². The molecule has 2 aliphatic heterocycles. The zero-order valence-corrected chi connectivity index (χ0v) is 10.4. The van der Waals surface area contributed by atoms with Gasteiger partial charge in [0.05, 0.1) is 5.92 Å². The molecule has 4 nitrogen and oxygen atoms in total. The molecule has 1 amide bonds. The Morgan fingerprint density at radius 1 is 1.25 bits per heavy atom. The molecule has 0 spiro atoms. The van der Waals surface area contributed by atoms with Crippen LogP contribution in [-0.2, 0) is 4.79 Å². The van der Waals surface area contributed by atoms with Gasteiger partial charge in [-0.3, -0.25) is 9.69 Å². The van der Waals surface area contributed by atoms with Crippen molar-refractivity contribution in [2.75, 3.05) is 39.3 Å². The predicted molar refractivity (Wildman–Crippen MR) is 64.3 cm³/mol. The Labute approximate surface area is 98.0 Å². The summed E-state index contributed by atoms with van der Waals surface area (Å²) in [5, 5.41) is 3.26. The Hall–Kier alpha value is -0.610. The van der Waals surface area contributed by atoms with E-state index in [9.17, 15) is 4.79 Å². The third kappa shape index (κ3) is 2.55. The van der Waals surface area contributed by atoms with Crippen LogP contribution in [0.2, 0.25) is 0 Å². The van der Waals surface area contributed by atoms with Gasteiger partial charge in [-0.05, 0) is 26.8 Å². The molecular formula is C12H23N3O. The van der Waals surface area contributed by atoms with Crippen LogP contribution >= 0.6 is 0 Å². The third-order valence-electron chi connectivity index (χ3n) is 3.77. The van der Waals surface area contributed by atoms with E-state index in [0.717, 1.165) is 45.7 Å². The van der Waals surface area contributed by atoms with Gasteiger partial charge in [-0.2, -0.15) is 0 Å². The lowest BCUT2D eigenvalue weighted by Crippen LogP contribution is -2.52. The van der Waals surface area contributed by atoms with Gasteiger partial charge in [0, 0.05) is 38.8 Å². The molecule has 92 valence electrons. The second-order valence-corrected chi connectivity index (χ2v) is 5.14. The monoisotopic (exact) mass is 225 g/mol. The quantitative estimate of drug-likeness (QED) is 0.726. The summed E-state index contributed by atoms with van der Waals surface area (Å²) in [6.45, 7) is 10.2. The third-order valence-corrected chi connectivity index (χ3v) is 3.77. The molecule has 0 aromatic heterocycles. The zero-order valence-electron chi connectivity index (χ0n) is 10.4. The maximum Gasteiger partial charge on any atom is 0.227 e. The predicted octanol–water partition coefficient (Wildman–Crippen LogP) is 0.149. The Kier molecular flexibility index (Phi) is 3.82. The number of rotatable bonds is 2. The minimum atomic E-state index is 0.241. The van der Waals surface area contributed by atoms with Crippen LogP contribution in [0, 0.1) is 5.92 Å². The van der Waals surface area contributed by atoms with E-state index < -0.39 is 0 Å². The fourth-order valence-electron chi connectivity index (χ4n) is 2.58. The number of carbonyl (C=O) groups is 1. The van der Waals surface area contributed by atoms with Gasteiger partial charge in [0.15, 0.2) is 0 Å². The molecule has 2 rings (SSSR count). The fraction of sp³-hybridized carbons (Fsp3) is 0.917. The average molecular weight is 225 g/mol. The van der Waals surface area contributed by atoms with E-state index in [1.807, 2.05) is 0 Å². The summed E-state index contributed by atoms with van der Waals surface area (Å²) in [5.74, 6) is 0.610. The van der Waals surface area contributed by atoms with Crippen LogP contribution in [0.3, 0.4) is 0 Å². The van der Waals surface area contributed by atoms with Crippen molar-refractivity contribution in [1.29, 1.82) is 0 Å². The summed E-state index contributed by atoms with van der Waals surface area (Å²) >= 11 is 0. The number of nitrogens with one attached hydrogen (secondary N) is 1. The number of amides is 1. The van der Waals surface area contributed by atoms with Crippen molar-refractivity contribution >= 4 is 5.91 Å². The van der Waals surface area contributed by atoms with E-state index >= 15 is 0 Å². The highest BCUT2D eigenvalue weighted by Gasteiger charge is 2.29. The Morgan fingerprint density at radius 2 is 1.94 bits per heavy atom. The first kappa shape index (κ1) is 11.9. The summed E-state index contributed by atoms with van der Waals surface area (Å²) < 4.78 is 0. The first-order chi connectivity index (χ1) is 7.68. The van der Waals surface area contributed by atoms with Crippen LogP contribution in [0.25, 0.3) is 0 Å². The molecule has 2 fully saturated rings.